The van der Waals surface area contributed by atoms with Gasteiger partial charge in [0.1, 0.15) is 0 Å². The van der Waals surface area contributed by atoms with Crippen molar-refractivity contribution in [2.24, 2.45) is 5.92 Å². The van der Waals surface area contributed by atoms with Crippen LogP contribution in [-0.4, -0.2) is 15.0 Å². The minimum absolute atomic E-state index is 0.291. The molecule has 2 rings (SSSR count). The van der Waals surface area contributed by atoms with Gasteiger partial charge in [0.2, 0.25) is 10.0 Å². The Kier molecular flexibility index (Phi) is 4.52. The molecule has 0 aromatic heterocycles. The summed E-state index contributed by atoms with van der Waals surface area (Å²) in [5, 5.41) is 0. The van der Waals surface area contributed by atoms with E-state index in [0.29, 0.717) is 21.8 Å². The van der Waals surface area contributed by atoms with Gasteiger partial charge in [-0.3, -0.25) is 0 Å². The Morgan fingerprint density at radius 3 is 2.50 bits per heavy atom. The Morgan fingerprint density at radius 1 is 1.28 bits per heavy atom. The summed E-state index contributed by atoms with van der Waals surface area (Å²) >= 11 is 6.68. The third-order valence-corrected chi connectivity index (χ3v) is 6.53. The summed E-state index contributed by atoms with van der Waals surface area (Å²) in [6, 6.07) is 3.45. The van der Waals surface area contributed by atoms with Crippen LogP contribution in [0.1, 0.15) is 24.8 Å². The summed E-state index contributed by atoms with van der Waals surface area (Å²) in [6.07, 6.45) is 3.47. The molecule has 0 atom stereocenters. The van der Waals surface area contributed by atoms with Crippen LogP contribution in [-0.2, 0) is 10.0 Å². The molecule has 18 heavy (non-hydrogen) atoms. The number of sulfonamides is 1. The van der Waals surface area contributed by atoms with Crippen LogP contribution < -0.4 is 4.72 Å². The lowest BCUT2D eigenvalue weighted by atomic mass is 9.86. The number of nitrogens with one attached hydrogen (secondary N) is 1. The van der Waals surface area contributed by atoms with Crippen molar-refractivity contribution in [2.75, 3.05) is 6.54 Å². The van der Waals surface area contributed by atoms with Crippen LogP contribution in [0.5, 0.6) is 0 Å². The number of rotatable bonds is 4. The summed E-state index contributed by atoms with van der Waals surface area (Å²) in [7, 11) is -3.43. The summed E-state index contributed by atoms with van der Waals surface area (Å²) in [4.78, 5) is 0.291. The van der Waals surface area contributed by atoms with E-state index in [1.807, 2.05) is 13.0 Å². The first-order valence-electron chi connectivity index (χ1n) is 5.85. The van der Waals surface area contributed by atoms with Gasteiger partial charge in [0, 0.05) is 15.5 Å². The van der Waals surface area contributed by atoms with Crippen LogP contribution in [0.4, 0.5) is 0 Å². The highest BCUT2D eigenvalue weighted by atomic mass is 79.9. The van der Waals surface area contributed by atoms with Crippen LogP contribution in [0.2, 0.25) is 0 Å². The molecule has 1 fully saturated rings. The largest absolute Gasteiger partial charge is 0.241 e. The number of aryl methyl sites for hydroxylation is 1. The summed E-state index contributed by atoms with van der Waals surface area (Å²) < 4.78 is 28.5. The van der Waals surface area contributed by atoms with E-state index in [1.54, 1.807) is 6.07 Å². The van der Waals surface area contributed by atoms with Gasteiger partial charge in [0.05, 0.1) is 4.90 Å². The van der Waals surface area contributed by atoms with Crippen molar-refractivity contribution in [3.8, 4) is 0 Å². The molecule has 0 spiro atoms. The van der Waals surface area contributed by atoms with Gasteiger partial charge in [0.15, 0.2) is 0 Å². The van der Waals surface area contributed by atoms with Crippen molar-refractivity contribution in [2.45, 2.75) is 31.1 Å². The average Bonchev–Trinajstić information content (AvgIpc) is 2.20. The van der Waals surface area contributed by atoms with Gasteiger partial charge in [-0.05, 0) is 59.3 Å². The molecular weight excluding hydrogens is 382 g/mol. The molecule has 0 amide bonds. The van der Waals surface area contributed by atoms with Crippen LogP contribution in [0.25, 0.3) is 0 Å². The molecule has 100 valence electrons. The highest BCUT2D eigenvalue weighted by Crippen LogP contribution is 2.30. The van der Waals surface area contributed by atoms with Gasteiger partial charge in [-0.25, -0.2) is 13.1 Å². The van der Waals surface area contributed by atoms with Crippen molar-refractivity contribution in [3.63, 3.8) is 0 Å². The topological polar surface area (TPSA) is 46.2 Å². The first kappa shape index (κ1) is 14.5. The molecule has 0 unspecified atom stereocenters. The standard InChI is InChI=1S/C12H15Br2NO2S/c1-8-5-11(14)12(6-10(8)13)18(16,17)15-7-9-3-2-4-9/h5-6,9,15H,2-4,7H2,1H3. The van der Waals surface area contributed by atoms with Crippen molar-refractivity contribution in [3.05, 3.63) is 26.6 Å². The monoisotopic (exact) mass is 395 g/mol. The molecule has 1 aliphatic carbocycles. The zero-order valence-corrected chi connectivity index (χ0v) is 14.0. The first-order chi connectivity index (χ1) is 8.40. The van der Waals surface area contributed by atoms with E-state index in [4.69, 9.17) is 0 Å². The summed E-state index contributed by atoms with van der Waals surface area (Å²) in [6.45, 7) is 2.47. The van der Waals surface area contributed by atoms with Gasteiger partial charge in [0.25, 0.3) is 0 Å². The highest BCUT2D eigenvalue weighted by molar-refractivity contribution is 9.11. The normalized spacial score (nSPS) is 16.6. The van der Waals surface area contributed by atoms with E-state index in [1.165, 1.54) is 6.42 Å². The van der Waals surface area contributed by atoms with E-state index in [2.05, 4.69) is 36.6 Å². The van der Waals surface area contributed by atoms with E-state index in [0.717, 1.165) is 22.9 Å². The fourth-order valence-corrected chi connectivity index (χ4v) is 4.63. The average molecular weight is 397 g/mol. The number of halogens is 2. The zero-order valence-electron chi connectivity index (χ0n) is 10.0. The fourth-order valence-electron chi connectivity index (χ4n) is 1.84. The number of benzene rings is 1. The van der Waals surface area contributed by atoms with Crippen molar-refractivity contribution >= 4 is 41.9 Å². The molecule has 1 saturated carbocycles. The fraction of sp³-hybridized carbons (Fsp3) is 0.500. The molecule has 1 aromatic rings. The zero-order chi connectivity index (χ0) is 13.3. The maximum Gasteiger partial charge on any atom is 0.241 e. The smallest absolute Gasteiger partial charge is 0.211 e. The van der Waals surface area contributed by atoms with Crippen LogP contribution in [0.3, 0.4) is 0 Å². The van der Waals surface area contributed by atoms with Crippen LogP contribution >= 0.6 is 31.9 Å². The van der Waals surface area contributed by atoms with E-state index >= 15 is 0 Å². The molecule has 0 bridgehead atoms. The van der Waals surface area contributed by atoms with Crippen LogP contribution in [0.15, 0.2) is 26.0 Å². The maximum atomic E-state index is 12.2. The molecular formula is C12H15Br2NO2S. The summed E-state index contributed by atoms with van der Waals surface area (Å²) in [5.74, 6) is 0.507. The SMILES string of the molecule is Cc1cc(Br)c(S(=O)(=O)NCC2CCC2)cc1Br. The van der Waals surface area contributed by atoms with E-state index in [9.17, 15) is 8.42 Å². The maximum absolute atomic E-state index is 12.2. The first-order valence-corrected chi connectivity index (χ1v) is 8.92. The Morgan fingerprint density at radius 2 is 1.94 bits per heavy atom. The lowest BCUT2D eigenvalue weighted by Gasteiger charge is -2.25. The van der Waals surface area contributed by atoms with Gasteiger partial charge in [-0.2, -0.15) is 0 Å². The van der Waals surface area contributed by atoms with Gasteiger partial charge in [-0.15, -0.1) is 0 Å². The van der Waals surface area contributed by atoms with Crippen LogP contribution in [0, 0.1) is 12.8 Å². The van der Waals surface area contributed by atoms with E-state index in [-0.39, 0.29) is 0 Å². The Hall–Kier alpha value is 0.0900. The Balaban J connectivity index is 2.20. The predicted molar refractivity (Wildman–Crippen MR) is 79.1 cm³/mol. The van der Waals surface area contributed by atoms with E-state index < -0.39 is 10.0 Å². The predicted octanol–water partition coefficient (Wildman–Crippen LogP) is 3.60. The molecule has 1 aromatic carbocycles. The lowest BCUT2D eigenvalue weighted by Crippen LogP contribution is -2.32. The lowest BCUT2D eigenvalue weighted by molar-refractivity contribution is 0.316. The van der Waals surface area contributed by atoms with Gasteiger partial charge in [-0.1, -0.05) is 22.4 Å². The second-order valence-corrected chi connectivity index (χ2v) is 8.12. The molecule has 0 saturated heterocycles. The molecule has 0 radical (unpaired) electrons. The Bertz CT molecular complexity index is 553. The quantitative estimate of drug-likeness (QED) is 0.844. The third kappa shape index (κ3) is 3.15. The highest BCUT2D eigenvalue weighted by Gasteiger charge is 2.23. The molecule has 6 heteroatoms. The van der Waals surface area contributed by atoms with Gasteiger partial charge < -0.3 is 0 Å². The van der Waals surface area contributed by atoms with Crippen molar-refractivity contribution in [1.82, 2.24) is 4.72 Å². The molecule has 1 aliphatic rings. The minimum atomic E-state index is -3.43. The number of hydrogen-bond donors (Lipinski definition) is 1. The molecule has 3 nitrogen and oxygen atoms in total. The second kappa shape index (κ2) is 5.61. The van der Waals surface area contributed by atoms with Crippen molar-refractivity contribution in [1.29, 1.82) is 0 Å². The van der Waals surface area contributed by atoms with Crippen molar-refractivity contribution < 1.29 is 8.42 Å². The third-order valence-electron chi connectivity index (χ3n) is 3.29. The second-order valence-electron chi connectivity index (χ2n) is 4.68. The molecule has 0 aliphatic heterocycles. The minimum Gasteiger partial charge on any atom is -0.211 e. The number of hydrogen-bond acceptors (Lipinski definition) is 2. The summed E-state index contributed by atoms with van der Waals surface area (Å²) in [5.41, 5.74) is 1.000. The Labute approximate surface area is 125 Å². The molecule has 1 N–H and O–H groups in total. The molecule has 0 heterocycles. The van der Waals surface area contributed by atoms with Gasteiger partial charge >= 0.3 is 0 Å².